The first-order valence-corrected chi connectivity index (χ1v) is 11.4. The van der Waals surface area contributed by atoms with Crippen LogP contribution >= 0.6 is 11.3 Å². The number of Topliss-reactive ketones (excluding diaryl/α,β-unsaturated/α-hetero) is 1. The standard InChI is InChI=1S/C19H30N10O4S/c20-4-1-3-19(26-11-23,16(32)17-24-6-7-34-17)28-14(31)9-29-8-13(30)27-15(18(29)33)12(2-5-21)25-10-22/h6-7,10-12,15H,1-5,8-9,20-21H2,(H2,22,25)(H2,23,26)(H,27,30)(H,28,31). The van der Waals surface area contributed by atoms with Crippen molar-refractivity contribution < 1.29 is 19.2 Å². The van der Waals surface area contributed by atoms with E-state index in [0.717, 1.165) is 28.9 Å². The lowest BCUT2D eigenvalue weighted by Crippen LogP contribution is -2.64. The van der Waals surface area contributed by atoms with Gasteiger partial charge in [-0.1, -0.05) is 0 Å². The first-order valence-electron chi connectivity index (χ1n) is 10.5. The zero-order chi connectivity index (χ0) is 25.1. The number of hydrogen-bond donors (Lipinski definition) is 6. The number of nitrogens with zero attached hydrogens (tertiary/aromatic N) is 4. The minimum Gasteiger partial charge on any atom is -0.390 e. The first-order chi connectivity index (χ1) is 16.3. The fraction of sp³-hybridized carbons (Fsp3) is 0.526. The van der Waals surface area contributed by atoms with Crippen LogP contribution < -0.4 is 33.6 Å². The summed E-state index contributed by atoms with van der Waals surface area (Å²) in [6, 6.07) is -1.72. The topological polar surface area (TPSA) is 237 Å². The fourth-order valence-electron chi connectivity index (χ4n) is 3.56. The highest BCUT2D eigenvalue weighted by atomic mass is 32.1. The molecule has 3 unspecified atom stereocenters. The van der Waals surface area contributed by atoms with Gasteiger partial charge in [0.15, 0.2) is 10.7 Å². The predicted molar refractivity (Wildman–Crippen MR) is 127 cm³/mol. The third-order valence-electron chi connectivity index (χ3n) is 5.07. The maximum absolute atomic E-state index is 13.2. The summed E-state index contributed by atoms with van der Waals surface area (Å²) < 4.78 is 0. The summed E-state index contributed by atoms with van der Waals surface area (Å²) in [6.45, 7) is -0.401. The summed E-state index contributed by atoms with van der Waals surface area (Å²) in [7, 11) is 0. The lowest BCUT2D eigenvalue weighted by atomic mass is 9.98. The summed E-state index contributed by atoms with van der Waals surface area (Å²) in [5, 5.41) is 6.89. The van der Waals surface area contributed by atoms with Gasteiger partial charge in [0.2, 0.25) is 23.5 Å². The van der Waals surface area contributed by atoms with Gasteiger partial charge in [-0.2, -0.15) is 0 Å². The molecule has 15 heteroatoms. The van der Waals surface area contributed by atoms with Gasteiger partial charge in [0.1, 0.15) is 19.1 Å². The van der Waals surface area contributed by atoms with Gasteiger partial charge in [-0.3, -0.25) is 24.2 Å². The zero-order valence-electron chi connectivity index (χ0n) is 18.6. The molecule has 14 nitrogen and oxygen atoms in total. The van der Waals surface area contributed by atoms with Gasteiger partial charge >= 0.3 is 0 Å². The zero-order valence-corrected chi connectivity index (χ0v) is 19.4. The summed E-state index contributed by atoms with van der Waals surface area (Å²) in [5.74, 6) is -2.28. The van der Waals surface area contributed by atoms with Crippen LogP contribution in [-0.2, 0) is 14.4 Å². The molecule has 3 amide bonds. The minimum absolute atomic E-state index is 0.0577. The average molecular weight is 495 g/mol. The van der Waals surface area contributed by atoms with Crippen molar-refractivity contribution in [1.29, 1.82) is 0 Å². The second-order valence-corrected chi connectivity index (χ2v) is 8.32. The fourth-order valence-corrected chi connectivity index (χ4v) is 4.21. The van der Waals surface area contributed by atoms with Crippen LogP contribution in [0.1, 0.15) is 29.1 Å². The van der Waals surface area contributed by atoms with Gasteiger partial charge in [0, 0.05) is 18.0 Å². The molecular formula is C19H30N10O4S. The maximum Gasteiger partial charge on any atom is 0.248 e. The van der Waals surface area contributed by atoms with E-state index in [9.17, 15) is 19.2 Å². The Morgan fingerprint density at radius 1 is 1.32 bits per heavy atom. The molecule has 1 aliphatic heterocycles. The molecule has 10 N–H and O–H groups in total. The van der Waals surface area contributed by atoms with Crippen molar-refractivity contribution in [2.45, 2.75) is 37.0 Å². The Morgan fingerprint density at radius 2 is 2.09 bits per heavy atom. The molecule has 2 heterocycles. The summed E-state index contributed by atoms with van der Waals surface area (Å²) >= 11 is 1.08. The largest absolute Gasteiger partial charge is 0.390 e. The lowest BCUT2D eigenvalue weighted by molar-refractivity contribution is -0.147. The van der Waals surface area contributed by atoms with Crippen molar-refractivity contribution in [3.63, 3.8) is 0 Å². The third kappa shape index (κ3) is 6.55. The highest BCUT2D eigenvalue weighted by Gasteiger charge is 2.43. The summed E-state index contributed by atoms with van der Waals surface area (Å²) in [5.41, 5.74) is 20.3. The van der Waals surface area contributed by atoms with Crippen LogP contribution in [0.5, 0.6) is 0 Å². The summed E-state index contributed by atoms with van der Waals surface area (Å²) in [4.78, 5) is 64.6. The second kappa shape index (κ2) is 12.7. The van der Waals surface area contributed by atoms with E-state index in [4.69, 9.17) is 22.9 Å². The van der Waals surface area contributed by atoms with Crippen molar-refractivity contribution in [3.05, 3.63) is 16.6 Å². The number of nitrogens with two attached hydrogens (primary N) is 4. The Hall–Kier alpha value is -3.43. The molecule has 1 aromatic heterocycles. The Bertz CT molecular complexity index is 922. The molecule has 0 spiro atoms. The van der Waals surface area contributed by atoms with E-state index < -0.39 is 47.8 Å². The van der Waals surface area contributed by atoms with Crippen LogP contribution in [0, 0.1) is 0 Å². The van der Waals surface area contributed by atoms with Crippen molar-refractivity contribution in [2.75, 3.05) is 26.2 Å². The smallest absolute Gasteiger partial charge is 0.248 e. The Labute approximate surface area is 200 Å². The van der Waals surface area contributed by atoms with E-state index in [0.29, 0.717) is 12.8 Å². The number of carbonyl (C=O) groups is 4. The molecule has 1 aromatic rings. The predicted octanol–water partition coefficient (Wildman–Crippen LogP) is -3.10. The van der Waals surface area contributed by atoms with Crippen LogP contribution in [-0.4, -0.2) is 90.0 Å². The van der Waals surface area contributed by atoms with Crippen LogP contribution in [0.15, 0.2) is 21.6 Å². The molecule has 0 bridgehead atoms. The molecule has 186 valence electrons. The second-order valence-electron chi connectivity index (χ2n) is 7.43. The molecule has 2 rings (SSSR count). The Kier molecular flexibility index (Phi) is 10.0. The number of ketones is 1. The van der Waals surface area contributed by atoms with Gasteiger partial charge in [-0.15, -0.1) is 11.3 Å². The number of piperazine rings is 1. The van der Waals surface area contributed by atoms with E-state index >= 15 is 0 Å². The molecule has 3 atom stereocenters. The number of nitrogens with one attached hydrogen (secondary N) is 2. The van der Waals surface area contributed by atoms with Crippen molar-refractivity contribution >= 4 is 47.5 Å². The average Bonchev–Trinajstić information content (AvgIpc) is 3.34. The molecule has 0 radical (unpaired) electrons. The van der Waals surface area contributed by atoms with Crippen molar-refractivity contribution in [1.82, 2.24) is 20.5 Å². The maximum atomic E-state index is 13.2. The van der Waals surface area contributed by atoms with E-state index in [1.54, 1.807) is 5.38 Å². The number of aliphatic imine (C=N–C) groups is 2. The number of rotatable bonds is 13. The van der Waals surface area contributed by atoms with Gasteiger partial charge in [0.05, 0.1) is 18.7 Å². The van der Waals surface area contributed by atoms with E-state index in [2.05, 4.69) is 25.6 Å². The van der Waals surface area contributed by atoms with Gasteiger partial charge < -0.3 is 38.5 Å². The number of thiazole rings is 1. The van der Waals surface area contributed by atoms with Gasteiger partial charge in [-0.25, -0.2) is 9.98 Å². The Morgan fingerprint density at radius 3 is 2.68 bits per heavy atom. The molecule has 1 fully saturated rings. The normalized spacial score (nSPS) is 19.2. The summed E-state index contributed by atoms with van der Waals surface area (Å²) in [6.07, 6.45) is 4.10. The van der Waals surface area contributed by atoms with Crippen LogP contribution in [0.4, 0.5) is 0 Å². The third-order valence-corrected chi connectivity index (χ3v) is 5.85. The number of aromatic nitrogens is 1. The number of amides is 3. The molecule has 0 aromatic carbocycles. The van der Waals surface area contributed by atoms with Crippen LogP contribution in [0.25, 0.3) is 0 Å². The Balaban J connectivity index is 2.25. The number of hydrogen-bond acceptors (Lipinski definition) is 10. The van der Waals surface area contributed by atoms with Gasteiger partial charge in [0.25, 0.3) is 0 Å². The van der Waals surface area contributed by atoms with Gasteiger partial charge in [-0.05, 0) is 25.9 Å². The highest BCUT2D eigenvalue weighted by Crippen LogP contribution is 2.23. The quantitative estimate of drug-likeness (QED) is 0.0923. The molecule has 0 saturated carbocycles. The molecule has 0 aliphatic carbocycles. The first kappa shape index (κ1) is 26.8. The SMILES string of the molecule is NC=NC(CCN)C1NC(=O)CN(CC(=O)NC(CCCN)(/N=C/N)C(=O)c2nccs2)C1=O. The van der Waals surface area contributed by atoms with Crippen molar-refractivity contribution in [2.24, 2.45) is 32.9 Å². The van der Waals surface area contributed by atoms with Crippen LogP contribution in [0.3, 0.4) is 0 Å². The number of carbonyl (C=O) groups excluding carboxylic acids is 4. The molecule has 1 aliphatic rings. The van der Waals surface area contributed by atoms with E-state index in [1.807, 2.05) is 0 Å². The monoisotopic (exact) mass is 494 g/mol. The van der Waals surface area contributed by atoms with Crippen molar-refractivity contribution in [3.8, 4) is 0 Å². The van der Waals surface area contributed by atoms with E-state index in [-0.39, 0.29) is 31.1 Å². The molecule has 34 heavy (non-hydrogen) atoms. The minimum atomic E-state index is -1.75. The molecular weight excluding hydrogens is 464 g/mol. The molecule has 1 saturated heterocycles. The van der Waals surface area contributed by atoms with E-state index in [1.165, 1.54) is 6.20 Å². The van der Waals surface area contributed by atoms with Crippen LogP contribution in [0.2, 0.25) is 0 Å². The lowest BCUT2D eigenvalue weighted by Gasteiger charge is -2.35. The highest BCUT2D eigenvalue weighted by molar-refractivity contribution is 7.11.